The standard InChI is InChI=1S/C10H10BrFN2O3/c1-2-7(11)10(15)13-9-4-3-6(14(16)17)5-8(9)12/h3-5,7H,2H2,1H3,(H,13,15). The van der Waals surface area contributed by atoms with E-state index in [2.05, 4.69) is 21.2 Å². The highest BCUT2D eigenvalue weighted by atomic mass is 79.9. The number of non-ortho nitro benzene ring substituents is 1. The first kappa shape index (κ1) is 13.6. The van der Waals surface area contributed by atoms with Gasteiger partial charge in [-0.25, -0.2) is 4.39 Å². The number of rotatable bonds is 4. The first-order valence-electron chi connectivity index (χ1n) is 4.84. The van der Waals surface area contributed by atoms with Gasteiger partial charge in [-0.1, -0.05) is 22.9 Å². The van der Waals surface area contributed by atoms with Crippen molar-refractivity contribution in [1.29, 1.82) is 0 Å². The van der Waals surface area contributed by atoms with Crippen LogP contribution in [0.1, 0.15) is 13.3 Å². The van der Waals surface area contributed by atoms with Crippen LogP contribution in [0.25, 0.3) is 0 Å². The third kappa shape index (κ3) is 3.48. The molecular formula is C10H10BrFN2O3. The fourth-order valence-electron chi connectivity index (χ4n) is 1.12. The predicted octanol–water partition coefficient (Wildman–Crippen LogP) is 2.85. The minimum Gasteiger partial charge on any atom is -0.323 e. The quantitative estimate of drug-likeness (QED) is 0.528. The van der Waals surface area contributed by atoms with E-state index in [1.807, 2.05) is 0 Å². The van der Waals surface area contributed by atoms with Gasteiger partial charge >= 0.3 is 0 Å². The Morgan fingerprint density at radius 1 is 1.65 bits per heavy atom. The van der Waals surface area contributed by atoms with Crippen molar-refractivity contribution in [3.05, 3.63) is 34.1 Å². The Balaban J connectivity index is 2.86. The summed E-state index contributed by atoms with van der Waals surface area (Å²) in [4.78, 5) is 20.7. The molecule has 0 aliphatic rings. The largest absolute Gasteiger partial charge is 0.323 e. The number of nitrogens with one attached hydrogen (secondary N) is 1. The molecule has 0 heterocycles. The molecule has 1 aromatic carbocycles. The second kappa shape index (κ2) is 5.72. The van der Waals surface area contributed by atoms with Gasteiger partial charge in [-0.2, -0.15) is 0 Å². The third-order valence-electron chi connectivity index (χ3n) is 2.06. The number of hydrogen-bond donors (Lipinski definition) is 1. The number of benzene rings is 1. The Hall–Kier alpha value is -1.50. The van der Waals surface area contributed by atoms with Crippen LogP contribution in [0.15, 0.2) is 18.2 Å². The molecule has 0 saturated heterocycles. The fourth-order valence-corrected chi connectivity index (χ4v) is 1.23. The lowest BCUT2D eigenvalue weighted by Gasteiger charge is -2.09. The lowest BCUT2D eigenvalue weighted by Crippen LogP contribution is -2.22. The van der Waals surface area contributed by atoms with E-state index in [0.717, 1.165) is 12.1 Å². The summed E-state index contributed by atoms with van der Waals surface area (Å²) >= 11 is 3.12. The van der Waals surface area contributed by atoms with Gasteiger partial charge in [-0.05, 0) is 12.5 Å². The molecule has 17 heavy (non-hydrogen) atoms. The topological polar surface area (TPSA) is 72.2 Å². The van der Waals surface area contributed by atoms with Crippen LogP contribution in [-0.4, -0.2) is 15.7 Å². The number of nitro groups is 1. The van der Waals surface area contributed by atoms with E-state index in [0.29, 0.717) is 6.42 Å². The van der Waals surface area contributed by atoms with Crippen molar-refractivity contribution in [1.82, 2.24) is 0 Å². The average Bonchev–Trinajstić information content (AvgIpc) is 2.30. The summed E-state index contributed by atoms with van der Waals surface area (Å²) in [7, 11) is 0. The van der Waals surface area contributed by atoms with Crippen LogP contribution >= 0.6 is 15.9 Å². The number of nitro benzene ring substituents is 1. The van der Waals surface area contributed by atoms with Crippen molar-refractivity contribution in [2.45, 2.75) is 18.2 Å². The molecule has 0 fully saturated rings. The molecule has 1 aromatic rings. The number of carbonyl (C=O) groups is 1. The van der Waals surface area contributed by atoms with Gasteiger partial charge in [0.15, 0.2) is 5.82 Å². The van der Waals surface area contributed by atoms with Crippen molar-refractivity contribution in [2.24, 2.45) is 0 Å². The van der Waals surface area contributed by atoms with Crippen LogP contribution in [0.4, 0.5) is 15.8 Å². The van der Waals surface area contributed by atoms with Gasteiger partial charge < -0.3 is 5.32 Å². The molecule has 1 unspecified atom stereocenters. The van der Waals surface area contributed by atoms with Gasteiger partial charge in [0, 0.05) is 6.07 Å². The highest BCUT2D eigenvalue weighted by molar-refractivity contribution is 9.10. The summed E-state index contributed by atoms with van der Waals surface area (Å²) in [5.41, 5.74) is -0.426. The minimum atomic E-state index is -0.830. The van der Waals surface area contributed by atoms with Gasteiger partial charge in [-0.15, -0.1) is 0 Å². The second-order valence-corrected chi connectivity index (χ2v) is 4.39. The molecule has 7 heteroatoms. The van der Waals surface area contributed by atoms with Crippen molar-refractivity contribution in [2.75, 3.05) is 5.32 Å². The first-order valence-corrected chi connectivity index (χ1v) is 5.76. The molecule has 1 rings (SSSR count). The zero-order chi connectivity index (χ0) is 13.0. The number of nitrogens with zero attached hydrogens (tertiary/aromatic N) is 1. The second-order valence-electron chi connectivity index (χ2n) is 3.29. The minimum absolute atomic E-state index is 0.0708. The first-order chi connectivity index (χ1) is 7.95. The summed E-state index contributed by atoms with van der Waals surface area (Å²) in [6.45, 7) is 1.80. The molecule has 0 bridgehead atoms. The summed E-state index contributed by atoms with van der Waals surface area (Å²) < 4.78 is 13.4. The lowest BCUT2D eigenvalue weighted by atomic mass is 10.2. The number of alkyl halides is 1. The number of anilines is 1. The molecule has 0 saturated carbocycles. The van der Waals surface area contributed by atoms with Crippen molar-refractivity contribution >= 4 is 33.2 Å². The molecule has 0 radical (unpaired) electrons. The molecular weight excluding hydrogens is 295 g/mol. The van der Waals surface area contributed by atoms with Crippen LogP contribution in [-0.2, 0) is 4.79 Å². The monoisotopic (exact) mass is 304 g/mol. The predicted molar refractivity (Wildman–Crippen MR) is 64.7 cm³/mol. The third-order valence-corrected chi connectivity index (χ3v) is 3.13. The Labute approximate surface area is 105 Å². The number of halogens is 2. The maximum absolute atomic E-state index is 13.4. The molecule has 0 aliphatic carbocycles. The fraction of sp³-hybridized carbons (Fsp3) is 0.300. The highest BCUT2D eigenvalue weighted by Gasteiger charge is 2.16. The van der Waals surface area contributed by atoms with E-state index < -0.39 is 15.6 Å². The highest BCUT2D eigenvalue weighted by Crippen LogP contribution is 2.21. The number of carbonyl (C=O) groups excluding carboxylic acids is 1. The normalized spacial score (nSPS) is 11.9. The van der Waals surface area contributed by atoms with Gasteiger partial charge in [0.2, 0.25) is 5.91 Å². The molecule has 0 spiro atoms. The summed E-state index contributed by atoms with van der Waals surface area (Å²) in [6, 6.07) is 3.07. The zero-order valence-electron chi connectivity index (χ0n) is 8.94. The van der Waals surface area contributed by atoms with E-state index in [-0.39, 0.29) is 17.3 Å². The SMILES string of the molecule is CCC(Br)C(=O)Nc1ccc([N+](=O)[O-])cc1F. The molecule has 92 valence electrons. The van der Waals surface area contributed by atoms with Crippen molar-refractivity contribution in [3.8, 4) is 0 Å². The van der Waals surface area contributed by atoms with E-state index in [1.54, 1.807) is 6.92 Å². The number of hydrogen-bond acceptors (Lipinski definition) is 3. The molecule has 1 N–H and O–H groups in total. The Morgan fingerprint density at radius 2 is 2.29 bits per heavy atom. The molecule has 1 atom stereocenters. The Bertz CT molecular complexity index is 453. The van der Waals surface area contributed by atoms with Gasteiger partial charge in [0.25, 0.3) is 5.69 Å². The molecule has 0 aromatic heterocycles. The summed E-state index contributed by atoms with van der Waals surface area (Å²) in [6.07, 6.45) is 0.556. The molecule has 0 aliphatic heterocycles. The van der Waals surface area contributed by atoms with Crippen molar-refractivity contribution in [3.63, 3.8) is 0 Å². The van der Waals surface area contributed by atoms with Crippen molar-refractivity contribution < 1.29 is 14.1 Å². The van der Waals surface area contributed by atoms with E-state index in [9.17, 15) is 19.3 Å². The lowest BCUT2D eigenvalue weighted by molar-refractivity contribution is -0.385. The van der Waals surface area contributed by atoms with Crippen LogP contribution in [0.5, 0.6) is 0 Å². The van der Waals surface area contributed by atoms with Gasteiger partial charge in [0.1, 0.15) is 0 Å². The van der Waals surface area contributed by atoms with Gasteiger partial charge in [0.05, 0.1) is 21.5 Å². The smallest absolute Gasteiger partial charge is 0.272 e. The molecule has 5 nitrogen and oxygen atoms in total. The van der Waals surface area contributed by atoms with E-state index in [1.165, 1.54) is 6.07 Å². The Morgan fingerprint density at radius 3 is 2.76 bits per heavy atom. The van der Waals surface area contributed by atoms with Crippen LogP contribution in [0.3, 0.4) is 0 Å². The van der Waals surface area contributed by atoms with E-state index >= 15 is 0 Å². The summed E-state index contributed by atoms with van der Waals surface area (Å²) in [5, 5.41) is 12.7. The van der Waals surface area contributed by atoms with Crippen LogP contribution < -0.4 is 5.32 Å². The number of amides is 1. The maximum atomic E-state index is 13.4. The zero-order valence-corrected chi connectivity index (χ0v) is 10.5. The average molecular weight is 305 g/mol. The van der Waals surface area contributed by atoms with Crippen LogP contribution in [0, 0.1) is 15.9 Å². The van der Waals surface area contributed by atoms with Gasteiger partial charge in [-0.3, -0.25) is 14.9 Å². The maximum Gasteiger partial charge on any atom is 0.272 e. The van der Waals surface area contributed by atoms with E-state index in [4.69, 9.17) is 0 Å². The molecule has 1 amide bonds. The Kier molecular flexibility index (Phi) is 4.56. The van der Waals surface area contributed by atoms with Crippen LogP contribution in [0.2, 0.25) is 0 Å². The summed E-state index contributed by atoms with van der Waals surface area (Å²) in [5.74, 6) is -1.22.